The fraction of sp³-hybridized carbons (Fsp3) is 0.500. The van der Waals surface area contributed by atoms with Crippen LogP contribution < -0.4 is 0 Å². The van der Waals surface area contributed by atoms with Crippen molar-refractivity contribution in [2.24, 2.45) is 5.92 Å². The van der Waals surface area contributed by atoms with Crippen LogP contribution in [0.3, 0.4) is 0 Å². The van der Waals surface area contributed by atoms with Crippen molar-refractivity contribution >= 4 is 5.97 Å². The van der Waals surface area contributed by atoms with Gasteiger partial charge in [0.1, 0.15) is 5.82 Å². The predicted molar refractivity (Wildman–Crippen MR) is 67.4 cm³/mol. The summed E-state index contributed by atoms with van der Waals surface area (Å²) in [5.41, 5.74) is 0.0332. The van der Waals surface area contributed by atoms with Crippen LogP contribution in [0.5, 0.6) is 0 Å². The second-order valence-corrected chi connectivity index (χ2v) is 5.23. The van der Waals surface area contributed by atoms with Crippen molar-refractivity contribution in [1.82, 2.24) is 4.90 Å². The van der Waals surface area contributed by atoms with Crippen LogP contribution in [0.2, 0.25) is 0 Å². The van der Waals surface area contributed by atoms with Crippen LogP contribution in [0, 0.1) is 11.7 Å². The topological polar surface area (TPSA) is 40.5 Å². The van der Waals surface area contributed by atoms with E-state index in [4.69, 9.17) is 5.11 Å². The van der Waals surface area contributed by atoms with Crippen LogP contribution >= 0.6 is 0 Å². The molecular weight excluding hydrogens is 290 g/mol. The number of hydrogen-bond acceptors (Lipinski definition) is 2. The highest BCUT2D eigenvalue weighted by molar-refractivity contribution is 5.87. The van der Waals surface area contributed by atoms with Crippen molar-refractivity contribution in [3.8, 4) is 0 Å². The van der Waals surface area contributed by atoms with Gasteiger partial charge in [0.05, 0.1) is 11.5 Å². The van der Waals surface area contributed by atoms with Crippen molar-refractivity contribution in [2.75, 3.05) is 13.1 Å². The Kier molecular flexibility index (Phi) is 4.51. The molecule has 1 aromatic carbocycles. The van der Waals surface area contributed by atoms with E-state index >= 15 is 0 Å². The molecule has 0 radical (unpaired) electrons. The summed E-state index contributed by atoms with van der Waals surface area (Å²) >= 11 is 0. The molecule has 1 aliphatic heterocycles. The quantitative estimate of drug-likeness (QED) is 0.871. The van der Waals surface area contributed by atoms with Crippen LogP contribution in [0.4, 0.5) is 17.6 Å². The molecule has 1 heterocycles. The number of alkyl halides is 3. The lowest BCUT2D eigenvalue weighted by Crippen LogP contribution is -2.41. The molecule has 7 heteroatoms. The molecule has 0 saturated carbocycles. The molecule has 0 amide bonds. The minimum Gasteiger partial charge on any atom is -0.478 e. The maximum atomic E-state index is 13.8. The minimum atomic E-state index is -4.23. The number of rotatable bonds is 3. The number of likely N-dealkylation sites (tertiary alicyclic amines) is 1. The summed E-state index contributed by atoms with van der Waals surface area (Å²) in [6, 6.07) is 3.46. The number of halogens is 4. The Morgan fingerprint density at radius 2 is 2.10 bits per heavy atom. The summed E-state index contributed by atoms with van der Waals surface area (Å²) in [7, 11) is 0. The van der Waals surface area contributed by atoms with E-state index in [1.165, 1.54) is 12.1 Å². The summed E-state index contributed by atoms with van der Waals surface area (Å²) in [5.74, 6) is -3.33. The first kappa shape index (κ1) is 15.8. The number of carboxylic acid groups (broad SMARTS) is 1. The third-order valence-electron chi connectivity index (χ3n) is 3.66. The lowest BCUT2D eigenvalue weighted by atomic mass is 9.97. The van der Waals surface area contributed by atoms with Gasteiger partial charge in [0.2, 0.25) is 0 Å². The van der Waals surface area contributed by atoms with Crippen LogP contribution in [0.1, 0.15) is 28.8 Å². The van der Waals surface area contributed by atoms with Crippen LogP contribution in [-0.4, -0.2) is 35.2 Å². The van der Waals surface area contributed by atoms with Crippen molar-refractivity contribution in [3.05, 3.63) is 35.1 Å². The molecular formula is C14H15F4NO2. The molecule has 1 aliphatic rings. The Hall–Kier alpha value is -1.63. The summed E-state index contributed by atoms with van der Waals surface area (Å²) in [6.45, 7) is 0.384. The van der Waals surface area contributed by atoms with Gasteiger partial charge < -0.3 is 5.11 Å². The van der Waals surface area contributed by atoms with Gasteiger partial charge in [-0.2, -0.15) is 13.2 Å². The lowest BCUT2D eigenvalue weighted by molar-refractivity contribution is -0.187. The smallest absolute Gasteiger partial charge is 0.393 e. The zero-order chi connectivity index (χ0) is 15.6. The molecule has 1 N–H and O–H groups in total. The molecule has 21 heavy (non-hydrogen) atoms. The Labute approximate surface area is 119 Å². The maximum absolute atomic E-state index is 13.8. The molecule has 0 aromatic heterocycles. The van der Waals surface area contributed by atoms with E-state index in [2.05, 4.69) is 0 Å². The lowest BCUT2D eigenvalue weighted by Gasteiger charge is -2.33. The molecule has 0 bridgehead atoms. The van der Waals surface area contributed by atoms with Gasteiger partial charge in [0.25, 0.3) is 0 Å². The number of piperidine rings is 1. The van der Waals surface area contributed by atoms with E-state index in [1.807, 2.05) is 0 Å². The number of hydrogen-bond donors (Lipinski definition) is 1. The largest absolute Gasteiger partial charge is 0.478 e. The van der Waals surface area contributed by atoms with Gasteiger partial charge in [-0.25, -0.2) is 9.18 Å². The number of nitrogens with zero attached hydrogens (tertiary/aromatic N) is 1. The van der Waals surface area contributed by atoms with E-state index < -0.39 is 23.9 Å². The molecule has 1 unspecified atom stereocenters. The standard InChI is InChI=1S/C14H15F4NO2/c15-12-6-9(13(20)21)3-4-10(12)7-19-5-1-2-11(8-19)14(16,17)18/h3-4,6,11H,1-2,5,7-8H2,(H,20,21). The molecule has 0 spiro atoms. The number of aromatic carboxylic acids is 1. The highest BCUT2D eigenvalue weighted by Gasteiger charge is 2.41. The minimum absolute atomic E-state index is 0.0539. The number of benzene rings is 1. The summed E-state index contributed by atoms with van der Waals surface area (Å²) in [4.78, 5) is 12.3. The summed E-state index contributed by atoms with van der Waals surface area (Å²) in [5, 5.41) is 8.74. The zero-order valence-electron chi connectivity index (χ0n) is 11.2. The molecule has 2 rings (SSSR count). The van der Waals surface area contributed by atoms with Gasteiger partial charge in [-0.3, -0.25) is 4.90 Å². The SMILES string of the molecule is O=C(O)c1ccc(CN2CCCC(C(F)(F)F)C2)c(F)c1. The molecule has 116 valence electrons. The Balaban J connectivity index is 2.06. The molecule has 1 aromatic rings. The Bertz CT molecular complexity index is 530. The second-order valence-electron chi connectivity index (χ2n) is 5.23. The first-order chi connectivity index (χ1) is 9.77. The Morgan fingerprint density at radius 3 is 2.67 bits per heavy atom. The van der Waals surface area contributed by atoms with Crippen LogP contribution in [0.15, 0.2) is 18.2 Å². The van der Waals surface area contributed by atoms with Crippen molar-refractivity contribution in [3.63, 3.8) is 0 Å². The average Bonchev–Trinajstić information content (AvgIpc) is 2.40. The molecule has 1 saturated heterocycles. The monoisotopic (exact) mass is 305 g/mol. The number of carbonyl (C=O) groups is 1. The molecule has 1 atom stereocenters. The van der Waals surface area contributed by atoms with Crippen LogP contribution in [-0.2, 0) is 6.54 Å². The van der Waals surface area contributed by atoms with Gasteiger partial charge in [-0.15, -0.1) is 0 Å². The highest BCUT2D eigenvalue weighted by Crippen LogP contribution is 2.33. The second kappa shape index (κ2) is 6.01. The normalized spacial score (nSPS) is 20.5. The van der Waals surface area contributed by atoms with Gasteiger partial charge in [-0.1, -0.05) is 6.07 Å². The maximum Gasteiger partial charge on any atom is 0.393 e. The average molecular weight is 305 g/mol. The highest BCUT2D eigenvalue weighted by atomic mass is 19.4. The number of carboxylic acids is 1. The van der Waals surface area contributed by atoms with E-state index in [9.17, 15) is 22.4 Å². The van der Waals surface area contributed by atoms with E-state index in [0.29, 0.717) is 13.0 Å². The van der Waals surface area contributed by atoms with Gasteiger partial charge in [0.15, 0.2) is 0 Å². The third-order valence-corrected chi connectivity index (χ3v) is 3.66. The van der Waals surface area contributed by atoms with Crippen molar-refractivity contribution < 1.29 is 27.5 Å². The fourth-order valence-electron chi connectivity index (χ4n) is 2.52. The Morgan fingerprint density at radius 1 is 1.38 bits per heavy atom. The first-order valence-corrected chi connectivity index (χ1v) is 6.58. The van der Waals surface area contributed by atoms with Crippen LogP contribution in [0.25, 0.3) is 0 Å². The van der Waals surface area contributed by atoms with Gasteiger partial charge >= 0.3 is 12.1 Å². The van der Waals surface area contributed by atoms with E-state index in [0.717, 1.165) is 6.07 Å². The van der Waals surface area contributed by atoms with Gasteiger partial charge in [0, 0.05) is 18.7 Å². The molecule has 3 nitrogen and oxygen atoms in total. The van der Waals surface area contributed by atoms with Crippen molar-refractivity contribution in [1.29, 1.82) is 0 Å². The van der Waals surface area contributed by atoms with Gasteiger partial charge in [-0.05, 0) is 31.5 Å². The first-order valence-electron chi connectivity index (χ1n) is 6.58. The third kappa shape index (κ3) is 3.93. The molecule has 1 fully saturated rings. The van der Waals surface area contributed by atoms with E-state index in [-0.39, 0.29) is 30.6 Å². The molecule has 0 aliphatic carbocycles. The zero-order valence-corrected chi connectivity index (χ0v) is 11.2. The van der Waals surface area contributed by atoms with E-state index in [1.54, 1.807) is 4.90 Å². The summed E-state index contributed by atoms with van der Waals surface area (Å²) < 4.78 is 51.9. The predicted octanol–water partition coefficient (Wildman–Crippen LogP) is 3.30. The van der Waals surface area contributed by atoms with Crippen molar-refractivity contribution in [2.45, 2.75) is 25.6 Å². The summed E-state index contributed by atoms with van der Waals surface area (Å²) in [6.07, 6.45) is -3.72. The fourth-order valence-corrected chi connectivity index (χ4v) is 2.52.